The minimum atomic E-state index is -3.50. The van der Waals surface area contributed by atoms with E-state index in [9.17, 15) is 8.42 Å². The van der Waals surface area contributed by atoms with Crippen LogP contribution < -0.4 is 10.0 Å². The van der Waals surface area contributed by atoms with Crippen molar-refractivity contribution in [1.82, 2.24) is 10.0 Å². The molecule has 0 bridgehead atoms. The number of aryl methyl sites for hydroxylation is 1. The molecular formula is C15H24N2O3S. The quantitative estimate of drug-likeness (QED) is 0.834. The van der Waals surface area contributed by atoms with Gasteiger partial charge in [0.2, 0.25) is 10.0 Å². The van der Waals surface area contributed by atoms with E-state index in [1.807, 2.05) is 20.0 Å². The Labute approximate surface area is 127 Å². The highest BCUT2D eigenvalue weighted by molar-refractivity contribution is 7.89. The molecule has 1 fully saturated rings. The molecule has 2 rings (SSSR count). The largest absolute Gasteiger partial charge is 0.377 e. The molecule has 2 unspecified atom stereocenters. The van der Waals surface area contributed by atoms with Crippen molar-refractivity contribution in [2.45, 2.75) is 50.3 Å². The molecule has 1 heterocycles. The van der Waals surface area contributed by atoms with Gasteiger partial charge in [-0.1, -0.05) is 13.0 Å². The Hall–Kier alpha value is -0.950. The van der Waals surface area contributed by atoms with E-state index in [0.717, 1.165) is 18.4 Å². The second-order valence-corrected chi connectivity index (χ2v) is 7.12. The van der Waals surface area contributed by atoms with Gasteiger partial charge in [0.05, 0.1) is 17.0 Å². The third-order valence-corrected chi connectivity index (χ3v) is 5.41. The molecule has 0 radical (unpaired) electrons. The average Bonchev–Trinajstić information content (AvgIpc) is 2.84. The highest BCUT2D eigenvalue weighted by Gasteiger charge is 2.29. The summed E-state index contributed by atoms with van der Waals surface area (Å²) in [6.45, 7) is 5.23. The fraction of sp³-hybridized carbons (Fsp3) is 0.600. The zero-order valence-corrected chi connectivity index (χ0v) is 13.7. The van der Waals surface area contributed by atoms with Crippen molar-refractivity contribution < 1.29 is 13.2 Å². The first-order chi connectivity index (χ1) is 9.97. The van der Waals surface area contributed by atoms with Crippen LogP contribution in [0.4, 0.5) is 0 Å². The standard InChI is InChI=1S/C15H24N2O3S/c1-4-12-5-6-14(9-13(12)10-16-3)21(18,19)17-15-7-8-20-11(15)2/h5-6,9,11,15-17H,4,7-8,10H2,1-3H3. The van der Waals surface area contributed by atoms with Gasteiger partial charge >= 0.3 is 0 Å². The van der Waals surface area contributed by atoms with Gasteiger partial charge in [0, 0.05) is 13.2 Å². The highest BCUT2D eigenvalue weighted by Crippen LogP contribution is 2.20. The van der Waals surface area contributed by atoms with Crippen LogP contribution in [0, 0.1) is 0 Å². The summed E-state index contributed by atoms with van der Waals surface area (Å²) in [5, 5.41) is 3.08. The van der Waals surface area contributed by atoms with Gasteiger partial charge in [-0.15, -0.1) is 0 Å². The smallest absolute Gasteiger partial charge is 0.240 e. The normalized spacial score (nSPS) is 22.6. The topological polar surface area (TPSA) is 67.4 Å². The van der Waals surface area contributed by atoms with E-state index in [-0.39, 0.29) is 12.1 Å². The maximum Gasteiger partial charge on any atom is 0.240 e. The van der Waals surface area contributed by atoms with Gasteiger partial charge in [0.1, 0.15) is 0 Å². The van der Waals surface area contributed by atoms with Crippen molar-refractivity contribution in [3.05, 3.63) is 29.3 Å². The molecule has 0 amide bonds. The van der Waals surface area contributed by atoms with Gasteiger partial charge < -0.3 is 10.1 Å². The van der Waals surface area contributed by atoms with Crippen molar-refractivity contribution in [2.24, 2.45) is 0 Å². The Balaban J connectivity index is 2.25. The number of hydrogen-bond donors (Lipinski definition) is 2. The molecule has 118 valence electrons. The van der Waals surface area contributed by atoms with Crippen LogP contribution in [0.3, 0.4) is 0 Å². The summed E-state index contributed by atoms with van der Waals surface area (Å²) < 4.78 is 33.2. The third-order valence-electron chi connectivity index (χ3n) is 3.92. The number of benzene rings is 1. The predicted molar refractivity (Wildman–Crippen MR) is 82.7 cm³/mol. The fourth-order valence-corrected chi connectivity index (χ4v) is 4.01. The van der Waals surface area contributed by atoms with Gasteiger partial charge in [-0.2, -0.15) is 0 Å². The van der Waals surface area contributed by atoms with Gasteiger partial charge in [0.25, 0.3) is 0 Å². The molecule has 6 heteroatoms. The number of sulfonamides is 1. The summed E-state index contributed by atoms with van der Waals surface area (Å²) in [5.41, 5.74) is 2.19. The van der Waals surface area contributed by atoms with E-state index < -0.39 is 10.0 Å². The summed E-state index contributed by atoms with van der Waals surface area (Å²) in [5.74, 6) is 0. The average molecular weight is 312 g/mol. The zero-order valence-electron chi connectivity index (χ0n) is 12.8. The van der Waals surface area contributed by atoms with Crippen LogP contribution in [-0.2, 0) is 27.7 Å². The van der Waals surface area contributed by atoms with Gasteiger partial charge in [0.15, 0.2) is 0 Å². The Bertz CT molecular complexity index is 587. The number of rotatable bonds is 6. The fourth-order valence-electron chi connectivity index (χ4n) is 2.62. The Kier molecular flexibility index (Phi) is 5.37. The van der Waals surface area contributed by atoms with Crippen LogP contribution in [-0.4, -0.2) is 34.2 Å². The number of nitrogens with one attached hydrogen (secondary N) is 2. The van der Waals surface area contributed by atoms with Crippen LogP contribution in [0.2, 0.25) is 0 Å². The Morgan fingerprint density at radius 3 is 2.67 bits per heavy atom. The number of hydrogen-bond acceptors (Lipinski definition) is 4. The lowest BCUT2D eigenvalue weighted by Crippen LogP contribution is -2.39. The summed E-state index contributed by atoms with van der Waals surface area (Å²) in [4.78, 5) is 0.323. The third kappa shape index (κ3) is 3.83. The van der Waals surface area contributed by atoms with Crippen LogP contribution in [0.15, 0.2) is 23.1 Å². The summed E-state index contributed by atoms with van der Waals surface area (Å²) in [6, 6.07) is 5.20. The molecule has 1 saturated heterocycles. The monoisotopic (exact) mass is 312 g/mol. The summed E-state index contributed by atoms with van der Waals surface area (Å²) in [6.07, 6.45) is 1.53. The van der Waals surface area contributed by atoms with Crippen molar-refractivity contribution >= 4 is 10.0 Å². The van der Waals surface area contributed by atoms with Crippen LogP contribution >= 0.6 is 0 Å². The lowest BCUT2D eigenvalue weighted by atomic mass is 10.1. The van der Waals surface area contributed by atoms with E-state index in [1.54, 1.807) is 12.1 Å². The number of ether oxygens (including phenoxy) is 1. The van der Waals surface area contributed by atoms with Crippen molar-refractivity contribution in [3.8, 4) is 0 Å². The minimum absolute atomic E-state index is 0.0773. The lowest BCUT2D eigenvalue weighted by Gasteiger charge is -2.17. The second kappa shape index (κ2) is 6.87. The van der Waals surface area contributed by atoms with Crippen LogP contribution in [0.1, 0.15) is 31.4 Å². The van der Waals surface area contributed by atoms with E-state index >= 15 is 0 Å². The molecule has 1 aliphatic rings. The zero-order chi connectivity index (χ0) is 15.5. The van der Waals surface area contributed by atoms with Gasteiger partial charge in [-0.05, 0) is 50.1 Å². The maximum atomic E-state index is 12.5. The Morgan fingerprint density at radius 2 is 2.10 bits per heavy atom. The van der Waals surface area contributed by atoms with E-state index in [1.165, 1.54) is 5.56 Å². The SMILES string of the molecule is CCc1ccc(S(=O)(=O)NC2CCOC2C)cc1CNC. The van der Waals surface area contributed by atoms with E-state index in [0.29, 0.717) is 18.0 Å². The van der Waals surface area contributed by atoms with Crippen LogP contribution in [0.5, 0.6) is 0 Å². The Morgan fingerprint density at radius 1 is 1.33 bits per heavy atom. The molecule has 2 atom stereocenters. The highest BCUT2D eigenvalue weighted by atomic mass is 32.2. The molecular weight excluding hydrogens is 288 g/mol. The molecule has 0 spiro atoms. The summed E-state index contributed by atoms with van der Waals surface area (Å²) >= 11 is 0. The summed E-state index contributed by atoms with van der Waals surface area (Å²) in [7, 11) is -1.64. The first-order valence-electron chi connectivity index (χ1n) is 7.38. The molecule has 0 aliphatic carbocycles. The molecule has 5 nitrogen and oxygen atoms in total. The lowest BCUT2D eigenvalue weighted by molar-refractivity contribution is 0.117. The molecule has 0 aromatic heterocycles. The molecule has 1 aromatic carbocycles. The van der Waals surface area contributed by atoms with Crippen LogP contribution in [0.25, 0.3) is 0 Å². The van der Waals surface area contributed by atoms with E-state index in [4.69, 9.17) is 4.74 Å². The molecule has 21 heavy (non-hydrogen) atoms. The molecule has 1 aromatic rings. The molecule has 0 saturated carbocycles. The van der Waals surface area contributed by atoms with E-state index in [2.05, 4.69) is 17.0 Å². The first-order valence-corrected chi connectivity index (χ1v) is 8.86. The predicted octanol–water partition coefficient (Wildman–Crippen LogP) is 1.42. The minimum Gasteiger partial charge on any atom is -0.377 e. The maximum absolute atomic E-state index is 12.5. The molecule has 2 N–H and O–H groups in total. The first kappa shape index (κ1) is 16.4. The second-order valence-electron chi connectivity index (χ2n) is 5.41. The van der Waals surface area contributed by atoms with Crippen molar-refractivity contribution in [2.75, 3.05) is 13.7 Å². The van der Waals surface area contributed by atoms with Gasteiger partial charge in [-0.25, -0.2) is 13.1 Å². The van der Waals surface area contributed by atoms with Crippen molar-refractivity contribution in [3.63, 3.8) is 0 Å². The van der Waals surface area contributed by atoms with Crippen molar-refractivity contribution in [1.29, 1.82) is 0 Å². The molecule has 1 aliphatic heterocycles. The van der Waals surface area contributed by atoms with Gasteiger partial charge in [-0.3, -0.25) is 0 Å².